The van der Waals surface area contributed by atoms with Crippen LogP contribution in [0, 0.1) is 5.41 Å². The minimum atomic E-state index is 0.301. The van der Waals surface area contributed by atoms with Crippen LogP contribution in [-0.2, 0) is 0 Å². The highest BCUT2D eigenvalue weighted by Crippen LogP contribution is 2.31. The van der Waals surface area contributed by atoms with E-state index in [1.54, 1.807) is 5.57 Å². The lowest BCUT2D eigenvalue weighted by atomic mass is 9.83. The maximum atomic E-state index is 4.62. The summed E-state index contributed by atoms with van der Waals surface area (Å²) in [6, 6.07) is 4.66. The van der Waals surface area contributed by atoms with Crippen LogP contribution in [0.15, 0.2) is 30.0 Å². The van der Waals surface area contributed by atoms with Crippen LogP contribution in [0.3, 0.4) is 0 Å². The molecule has 0 fully saturated rings. The van der Waals surface area contributed by atoms with Gasteiger partial charge in [0.2, 0.25) is 0 Å². The summed E-state index contributed by atoms with van der Waals surface area (Å²) in [6.45, 7) is 14.2. The topological polar surface area (TPSA) is 28.2 Å². The largest absolute Gasteiger partial charge is 0.366 e. The summed E-state index contributed by atoms with van der Waals surface area (Å²) in [5, 5.41) is 3.40. The Morgan fingerprint density at radius 2 is 2.10 bits per heavy atom. The highest BCUT2D eigenvalue weighted by Gasteiger charge is 2.21. The number of rotatable bonds is 4. The quantitative estimate of drug-likeness (QED) is 0.850. The van der Waals surface area contributed by atoms with Crippen molar-refractivity contribution < 1.29 is 0 Å². The predicted molar refractivity (Wildman–Crippen MR) is 90.7 cm³/mol. The van der Waals surface area contributed by atoms with Crippen molar-refractivity contribution in [2.24, 2.45) is 5.41 Å². The van der Waals surface area contributed by atoms with E-state index in [9.17, 15) is 0 Å². The van der Waals surface area contributed by atoms with Crippen LogP contribution >= 0.6 is 0 Å². The minimum absolute atomic E-state index is 0.301. The summed E-state index contributed by atoms with van der Waals surface area (Å²) in [4.78, 5) is 7.02. The highest BCUT2D eigenvalue weighted by molar-refractivity contribution is 5.47. The molecule has 1 aromatic rings. The van der Waals surface area contributed by atoms with Crippen molar-refractivity contribution in [1.82, 2.24) is 10.3 Å². The molecule has 0 saturated carbocycles. The van der Waals surface area contributed by atoms with Gasteiger partial charge < -0.3 is 10.2 Å². The van der Waals surface area contributed by atoms with Crippen LogP contribution in [0.4, 0.5) is 5.69 Å². The molecule has 1 N–H and O–H groups in total. The number of aromatic nitrogens is 1. The van der Waals surface area contributed by atoms with Gasteiger partial charge in [-0.1, -0.05) is 39.3 Å². The molecule has 1 aliphatic heterocycles. The smallest absolute Gasteiger partial charge is 0.0572 e. The molecule has 3 heteroatoms. The molecule has 0 aromatic carbocycles. The zero-order valence-electron chi connectivity index (χ0n) is 14.1. The van der Waals surface area contributed by atoms with E-state index in [0.29, 0.717) is 11.5 Å². The molecule has 2 heterocycles. The van der Waals surface area contributed by atoms with Crippen molar-refractivity contribution in [3.05, 3.63) is 35.7 Å². The molecule has 1 atom stereocenters. The Bertz CT molecular complexity index is 482. The first-order valence-electron chi connectivity index (χ1n) is 8.05. The molecule has 0 saturated heterocycles. The van der Waals surface area contributed by atoms with Gasteiger partial charge in [-0.2, -0.15) is 0 Å². The Morgan fingerprint density at radius 3 is 2.57 bits per heavy atom. The van der Waals surface area contributed by atoms with Crippen molar-refractivity contribution in [2.45, 2.75) is 47.1 Å². The molecule has 3 nitrogen and oxygen atoms in total. The van der Waals surface area contributed by atoms with Crippen LogP contribution in [-0.4, -0.2) is 24.6 Å². The SMILES string of the molecule is CCNC(C)c1ccc(N2CC=C(C(C)(C)C)CC2)cn1. The fraction of sp³-hybridized carbons (Fsp3) is 0.611. The number of hydrogen-bond donors (Lipinski definition) is 1. The standard InChI is InChI=1S/C18H29N3/c1-6-19-14(2)17-8-7-16(13-20-17)21-11-9-15(10-12-21)18(3,4)5/h7-9,13-14,19H,6,10-12H2,1-5H3. The van der Waals surface area contributed by atoms with Gasteiger partial charge in [0.05, 0.1) is 17.6 Å². The van der Waals surface area contributed by atoms with Crippen molar-refractivity contribution in [2.75, 3.05) is 24.5 Å². The van der Waals surface area contributed by atoms with Crippen LogP contribution in [0.1, 0.15) is 52.8 Å². The van der Waals surface area contributed by atoms with Gasteiger partial charge in [-0.25, -0.2) is 0 Å². The maximum absolute atomic E-state index is 4.62. The van der Waals surface area contributed by atoms with E-state index in [-0.39, 0.29) is 0 Å². The molecule has 0 radical (unpaired) electrons. The molecule has 2 rings (SSSR count). The van der Waals surface area contributed by atoms with Crippen molar-refractivity contribution in [1.29, 1.82) is 0 Å². The Kier molecular flexibility index (Phi) is 5.04. The normalized spacial score (nSPS) is 17.6. The van der Waals surface area contributed by atoms with Gasteiger partial charge in [-0.05, 0) is 37.4 Å². The summed E-state index contributed by atoms with van der Waals surface area (Å²) in [6.07, 6.45) is 5.55. The van der Waals surface area contributed by atoms with E-state index in [4.69, 9.17) is 0 Å². The minimum Gasteiger partial charge on any atom is -0.366 e. The Hall–Kier alpha value is -1.35. The first-order chi connectivity index (χ1) is 9.91. The number of hydrogen-bond acceptors (Lipinski definition) is 3. The third-order valence-electron chi connectivity index (χ3n) is 4.26. The lowest BCUT2D eigenvalue weighted by Gasteiger charge is -2.33. The Labute approximate surface area is 129 Å². The lowest BCUT2D eigenvalue weighted by Crippen LogP contribution is -2.31. The second kappa shape index (κ2) is 6.61. The Morgan fingerprint density at radius 1 is 1.33 bits per heavy atom. The molecule has 1 aromatic heterocycles. The zero-order chi connectivity index (χ0) is 15.5. The molecule has 0 spiro atoms. The molecule has 0 amide bonds. The highest BCUT2D eigenvalue weighted by atomic mass is 15.1. The van der Waals surface area contributed by atoms with E-state index in [2.05, 4.69) is 68.0 Å². The van der Waals surface area contributed by atoms with Gasteiger partial charge in [-0.15, -0.1) is 0 Å². The monoisotopic (exact) mass is 287 g/mol. The predicted octanol–water partition coefficient (Wildman–Crippen LogP) is 3.93. The summed E-state index contributed by atoms with van der Waals surface area (Å²) in [7, 11) is 0. The number of nitrogens with one attached hydrogen (secondary N) is 1. The average Bonchev–Trinajstić information content (AvgIpc) is 2.47. The number of pyridine rings is 1. The maximum Gasteiger partial charge on any atom is 0.0572 e. The van der Waals surface area contributed by atoms with E-state index in [1.165, 1.54) is 5.69 Å². The molecule has 21 heavy (non-hydrogen) atoms. The van der Waals surface area contributed by atoms with Crippen LogP contribution in [0.5, 0.6) is 0 Å². The fourth-order valence-electron chi connectivity index (χ4n) is 2.84. The summed E-state index contributed by atoms with van der Waals surface area (Å²) < 4.78 is 0. The molecular weight excluding hydrogens is 258 g/mol. The van der Waals surface area contributed by atoms with Crippen molar-refractivity contribution in [3.8, 4) is 0 Å². The number of nitrogens with zero attached hydrogens (tertiary/aromatic N) is 2. The average molecular weight is 287 g/mol. The second-order valence-electron chi connectivity index (χ2n) is 6.90. The van der Waals surface area contributed by atoms with Gasteiger partial charge in [0.15, 0.2) is 0 Å². The van der Waals surface area contributed by atoms with E-state index < -0.39 is 0 Å². The molecule has 1 unspecified atom stereocenters. The lowest BCUT2D eigenvalue weighted by molar-refractivity contribution is 0.472. The molecule has 1 aliphatic rings. The van der Waals surface area contributed by atoms with Crippen LogP contribution in [0.2, 0.25) is 0 Å². The van der Waals surface area contributed by atoms with Crippen LogP contribution in [0.25, 0.3) is 0 Å². The molecule has 116 valence electrons. The molecular formula is C18H29N3. The van der Waals surface area contributed by atoms with E-state index in [0.717, 1.165) is 31.7 Å². The summed E-state index contributed by atoms with van der Waals surface area (Å²) in [5.41, 5.74) is 4.22. The summed E-state index contributed by atoms with van der Waals surface area (Å²) in [5.74, 6) is 0. The van der Waals surface area contributed by atoms with Crippen molar-refractivity contribution >= 4 is 5.69 Å². The summed E-state index contributed by atoms with van der Waals surface area (Å²) >= 11 is 0. The van der Waals surface area contributed by atoms with Crippen molar-refractivity contribution in [3.63, 3.8) is 0 Å². The van der Waals surface area contributed by atoms with Gasteiger partial charge >= 0.3 is 0 Å². The third kappa shape index (κ3) is 4.07. The van der Waals surface area contributed by atoms with Gasteiger partial charge in [0, 0.05) is 19.1 Å². The zero-order valence-corrected chi connectivity index (χ0v) is 14.1. The first kappa shape index (κ1) is 16.0. The Balaban J connectivity index is 2.03. The van der Waals surface area contributed by atoms with Gasteiger partial charge in [0.25, 0.3) is 0 Å². The third-order valence-corrected chi connectivity index (χ3v) is 4.26. The van der Waals surface area contributed by atoms with E-state index >= 15 is 0 Å². The van der Waals surface area contributed by atoms with Gasteiger partial charge in [-0.3, -0.25) is 4.98 Å². The second-order valence-corrected chi connectivity index (χ2v) is 6.90. The number of anilines is 1. The molecule has 0 aliphatic carbocycles. The van der Waals surface area contributed by atoms with Gasteiger partial charge in [0.1, 0.15) is 0 Å². The van der Waals surface area contributed by atoms with E-state index in [1.807, 2.05) is 6.20 Å². The molecule has 0 bridgehead atoms. The van der Waals surface area contributed by atoms with Crippen LogP contribution < -0.4 is 10.2 Å². The fourth-order valence-corrected chi connectivity index (χ4v) is 2.84. The first-order valence-corrected chi connectivity index (χ1v) is 8.05.